The maximum absolute atomic E-state index is 12.7. The van der Waals surface area contributed by atoms with E-state index in [2.05, 4.69) is 31.8 Å². The van der Waals surface area contributed by atoms with Crippen molar-refractivity contribution in [3.05, 3.63) is 57.0 Å². The predicted octanol–water partition coefficient (Wildman–Crippen LogP) is 5.19. The summed E-state index contributed by atoms with van der Waals surface area (Å²) in [5.74, 6) is 0.553. The summed E-state index contributed by atoms with van der Waals surface area (Å²) >= 11 is 9.36. The molecule has 7 nitrogen and oxygen atoms in total. The highest BCUT2D eigenvalue weighted by atomic mass is 79.9. The van der Waals surface area contributed by atoms with Crippen LogP contribution in [-0.2, 0) is 4.79 Å². The second-order valence-electron chi connectivity index (χ2n) is 8.10. The van der Waals surface area contributed by atoms with Crippen LogP contribution >= 0.6 is 27.5 Å². The predicted molar refractivity (Wildman–Crippen MR) is 134 cm³/mol. The third-order valence-corrected chi connectivity index (χ3v) is 5.27. The van der Waals surface area contributed by atoms with Crippen LogP contribution in [0, 0.1) is 5.92 Å². The van der Waals surface area contributed by atoms with Gasteiger partial charge in [0.2, 0.25) is 0 Å². The summed E-state index contributed by atoms with van der Waals surface area (Å²) < 4.78 is 11.9. The minimum Gasteiger partial charge on any atom is -0.493 e. The Morgan fingerprint density at radius 3 is 2.39 bits per heavy atom. The second kappa shape index (κ2) is 12.6. The van der Waals surface area contributed by atoms with Crippen molar-refractivity contribution in [1.82, 2.24) is 10.7 Å². The molecule has 0 aliphatic rings. The summed E-state index contributed by atoms with van der Waals surface area (Å²) in [6, 6.07) is 9.30. The zero-order chi connectivity index (χ0) is 24.5. The minimum atomic E-state index is -0.742. The summed E-state index contributed by atoms with van der Waals surface area (Å²) in [6.07, 6.45) is 1.94. The fourth-order valence-electron chi connectivity index (χ4n) is 2.96. The lowest BCUT2D eigenvalue weighted by Crippen LogP contribution is -2.46. The van der Waals surface area contributed by atoms with Gasteiger partial charge in [0, 0.05) is 10.6 Å². The number of carbonyl (C=O) groups is 2. The van der Waals surface area contributed by atoms with Crippen molar-refractivity contribution < 1.29 is 19.1 Å². The van der Waals surface area contributed by atoms with Crippen LogP contribution in [0.5, 0.6) is 11.5 Å². The molecule has 9 heteroatoms. The van der Waals surface area contributed by atoms with Crippen LogP contribution in [0.3, 0.4) is 0 Å². The molecule has 0 bridgehead atoms. The molecule has 0 fully saturated rings. The molecule has 0 saturated heterocycles. The van der Waals surface area contributed by atoms with Gasteiger partial charge >= 0.3 is 0 Å². The molecule has 2 aromatic rings. The lowest BCUT2D eigenvalue weighted by atomic mass is 10.0. The van der Waals surface area contributed by atoms with Crippen LogP contribution in [0.1, 0.15) is 50.0 Å². The summed E-state index contributed by atoms with van der Waals surface area (Å²) in [7, 11) is 1.55. The van der Waals surface area contributed by atoms with E-state index in [9.17, 15) is 9.59 Å². The van der Waals surface area contributed by atoms with Gasteiger partial charge in [-0.25, -0.2) is 5.43 Å². The molecule has 0 spiro atoms. The van der Waals surface area contributed by atoms with Crippen LogP contribution < -0.4 is 20.2 Å². The molecular weight excluding hydrogens is 510 g/mol. The van der Waals surface area contributed by atoms with Gasteiger partial charge in [0.1, 0.15) is 6.04 Å². The van der Waals surface area contributed by atoms with Gasteiger partial charge in [0.25, 0.3) is 11.8 Å². The van der Waals surface area contributed by atoms with E-state index >= 15 is 0 Å². The van der Waals surface area contributed by atoms with Gasteiger partial charge in [-0.1, -0.05) is 25.4 Å². The standard InChI is InChI=1S/C24H29BrClN3O4/c1-14(2)10-20(28-23(30)17-6-8-18(26)9-7-17)24(31)29-27-13-16-11-19(25)22(33-15(3)4)21(12-16)32-5/h6-9,11-15,20H,10H2,1-5H3,(H,28,30)(H,29,31)/b27-13+. The molecule has 178 valence electrons. The van der Waals surface area contributed by atoms with Gasteiger partial charge < -0.3 is 14.8 Å². The Bertz CT molecular complexity index is 994. The monoisotopic (exact) mass is 537 g/mol. The van der Waals surface area contributed by atoms with Crippen LogP contribution in [0.15, 0.2) is 46.0 Å². The number of halogens is 2. The lowest BCUT2D eigenvalue weighted by Gasteiger charge is -2.19. The summed E-state index contributed by atoms with van der Waals surface area (Å²) in [4.78, 5) is 25.3. The molecule has 2 rings (SSSR count). The molecular formula is C24H29BrClN3O4. The van der Waals surface area contributed by atoms with E-state index < -0.39 is 11.9 Å². The molecule has 2 aromatic carbocycles. The minimum absolute atomic E-state index is 0.0185. The van der Waals surface area contributed by atoms with Crippen LogP contribution in [0.25, 0.3) is 0 Å². The van der Waals surface area contributed by atoms with Crippen LogP contribution in [-0.4, -0.2) is 37.3 Å². The highest BCUT2D eigenvalue weighted by Gasteiger charge is 2.22. The number of hydrazone groups is 1. The van der Waals surface area contributed by atoms with E-state index in [1.165, 1.54) is 6.21 Å². The first kappa shape index (κ1) is 26.7. The lowest BCUT2D eigenvalue weighted by molar-refractivity contribution is -0.123. The number of rotatable bonds is 10. The van der Waals surface area contributed by atoms with Gasteiger partial charge in [-0.15, -0.1) is 0 Å². The fourth-order valence-corrected chi connectivity index (χ4v) is 3.64. The number of amides is 2. The van der Waals surface area contributed by atoms with Gasteiger partial charge in [-0.05, 0) is 84.1 Å². The number of nitrogens with zero attached hydrogens (tertiary/aromatic N) is 1. The quantitative estimate of drug-likeness (QED) is 0.322. The average Bonchev–Trinajstić information content (AvgIpc) is 2.74. The van der Waals surface area contributed by atoms with Crippen molar-refractivity contribution >= 4 is 45.6 Å². The fraction of sp³-hybridized carbons (Fsp3) is 0.375. The molecule has 1 atom stereocenters. The highest BCUT2D eigenvalue weighted by Crippen LogP contribution is 2.37. The molecule has 0 heterocycles. The van der Waals surface area contributed by atoms with E-state index in [0.29, 0.717) is 38.5 Å². The smallest absolute Gasteiger partial charge is 0.262 e. The second-order valence-corrected chi connectivity index (χ2v) is 9.39. The topological polar surface area (TPSA) is 89.0 Å². The molecule has 0 saturated carbocycles. The number of carbonyl (C=O) groups excluding carboxylic acids is 2. The maximum Gasteiger partial charge on any atom is 0.262 e. The molecule has 33 heavy (non-hydrogen) atoms. The third kappa shape index (κ3) is 8.37. The molecule has 0 aliphatic heterocycles. The normalized spacial score (nSPS) is 12.2. The van der Waals surface area contributed by atoms with E-state index in [1.54, 1.807) is 37.4 Å². The largest absolute Gasteiger partial charge is 0.493 e. The molecule has 0 radical (unpaired) electrons. The van der Waals surface area contributed by atoms with E-state index in [4.69, 9.17) is 21.1 Å². The Morgan fingerprint density at radius 1 is 1.15 bits per heavy atom. The van der Waals surface area contributed by atoms with E-state index in [1.807, 2.05) is 33.8 Å². The summed E-state index contributed by atoms with van der Waals surface area (Å²) in [5.41, 5.74) is 3.63. The molecule has 2 amide bonds. The Labute approximate surface area is 208 Å². The number of hydrogen-bond acceptors (Lipinski definition) is 5. The van der Waals surface area contributed by atoms with Crippen molar-refractivity contribution in [2.75, 3.05) is 7.11 Å². The van der Waals surface area contributed by atoms with E-state index in [-0.39, 0.29) is 17.9 Å². The first-order valence-electron chi connectivity index (χ1n) is 10.5. The van der Waals surface area contributed by atoms with Gasteiger partial charge in [0.05, 0.1) is 23.9 Å². The molecule has 1 unspecified atom stereocenters. The number of methoxy groups -OCH3 is 1. The Kier molecular flexibility index (Phi) is 10.2. The maximum atomic E-state index is 12.7. The van der Waals surface area contributed by atoms with Gasteiger partial charge in [-0.2, -0.15) is 5.10 Å². The van der Waals surface area contributed by atoms with Crippen LogP contribution in [0.2, 0.25) is 5.02 Å². The Balaban J connectivity index is 2.10. The molecule has 2 N–H and O–H groups in total. The zero-order valence-corrected chi connectivity index (χ0v) is 21.7. The SMILES string of the molecule is COc1cc(/C=N/NC(=O)C(CC(C)C)NC(=O)c2ccc(Cl)cc2)cc(Br)c1OC(C)C. The van der Waals surface area contributed by atoms with Crippen molar-refractivity contribution in [3.8, 4) is 11.5 Å². The third-order valence-electron chi connectivity index (χ3n) is 4.43. The van der Waals surface area contributed by atoms with Gasteiger partial charge in [0.15, 0.2) is 11.5 Å². The van der Waals surface area contributed by atoms with E-state index in [0.717, 1.165) is 0 Å². The van der Waals surface area contributed by atoms with Crippen LogP contribution in [0.4, 0.5) is 0 Å². The summed E-state index contributed by atoms with van der Waals surface area (Å²) in [5, 5.41) is 7.36. The number of ether oxygens (including phenoxy) is 2. The molecule has 0 aliphatic carbocycles. The number of nitrogens with one attached hydrogen (secondary N) is 2. The summed E-state index contributed by atoms with van der Waals surface area (Å²) in [6.45, 7) is 7.80. The zero-order valence-electron chi connectivity index (χ0n) is 19.3. The average molecular weight is 539 g/mol. The highest BCUT2D eigenvalue weighted by molar-refractivity contribution is 9.10. The Hall–Kier alpha value is -2.58. The first-order chi connectivity index (χ1) is 15.6. The van der Waals surface area contributed by atoms with Crippen molar-refractivity contribution in [2.24, 2.45) is 11.0 Å². The number of benzene rings is 2. The molecule has 0 aromatic heterocycles. The Morgan fingerprint density at radius 2 is 1.82 bits per heavy atom. The van der Waals surface area contributed by atoms with Gasteiger partial charge in [-0.3, -0.25) is 9.59 Å². The van der Waals surface area contributed by atoms with Crippen molar-refractivity contribution in [1.29, 1.82) is 0 Å². The van der Waals surface area contributed by atoms with Crippen molar-refractivity contribution in [2.45, 2.75) is 46.3 Å². The van der Waals surface area contributed by atoms with Crippen molar-refractivity contribution in [3.63, 3.8) is 0 Å². The first-order valence-corrected chi connectivity index (χ1v) is 11.7. The number of hydrogen-bond donors (Lipinski definition) is 2.